The van der Waals surface area contributed by atoms with E-state index in [2.05, 4.69) is 0 Å². The highest BCUT2D eigenvalue weighted by atomic mass is 32.2. The van der Waals surface area contributed by atoms with E-state index in [0.717, 1.165) is 10.9 Å². The van der Waals surface area contributed by atoms with Gasteiger partial charge in [-0.3, -0.25) is 4.79 Å². The summed E-state index contributed by atoms with van der Waals surface area (Å²) in [6.45, 7) is 0.965. The van der Waals surface area contributed by atoms with Gasteiger partial charge in [-0.1, -0.05) is 18.2 Å². The quantitative estimate of drug-likeness (QED) is 0.829. The monoisotopic (exact) mass is 362 g/mol. The molecule has 0 saturated carbocycles. The zero-order chi connectivity index (χ0) is 17.8. The number of sulfone groups is 1. The summed E-state index contributed by atoms with van der Waals surface area (Å²) in [4.78, 5) is 14.6. The molecular formula is C18H22N2O4S. The SMILES string of the molecule is COCC1CCS(=O)(=O)C12CN(C(=O)c1cn(C)c3ccccc13)C2. The lowest BCUT2D eigenvalue weighted by Crippen LogP contribution is -2.68. The summed E-state index contributed by atoms with van der Waals surface area (Å²) in [6, 6.07) is 7.75. The highest BCUT2D eigenvalue weighted by molar-refractivity contribution is 7.93. The number of rotatable bonds is 3. The Morgan fingerprint density at radius 1 is 1.32 bits per heavy atom. The number of aryl methyl sites for hydroxylation is 1. The summed E-state index contributed by atoms with van der Waals surface area (Å²) in [6.07, 6.45) is 2.44. The van der Waals surface area contributed by atoms with Crippen LogP contribution < -0.4 is 0 Å². The lowest BCUT2D eigenvalue weighted by atomic mass is 9.83. The van der Waals surface area contributed by atoms with Gasteiger partial charge >= 0.3 is 0 Å². The van der Waals surface area contributed by atoms with Crippen LogP contribution in [0.15, 0.2) is 30.5 Å². The van der Waals surface area contributed by atoms with E-state index in [1.54, 1.807) is 12.0 Å². The number of aromatic nitrogens is 1. The molecule has 1 amide bonds. The van der Waals surface area contributed by atoms with Gasteiger partial charge in [0.2, 0.25) is 0 Å². The smallest absolute Gasteiger partial charge is 0.256 e. The Hall–Kier alpha value is -1.86. The third-order valence-corrected chi connectivity index (χ3v) is 8.40. The molecule has 2 aliphatic rings. The number of methoxy groups -OCH3 is 1. The Balaban J connectivity index is 1.62. The molecule has 2 aliphatic heterocycles. The molecule has 7 heteroatoms. The molecule has 0 aliphatic carbocycles. The van der Waals surface area contributed by atoms with Crippen molar-refractivity contribution in [1.29, 1.82) is 0 Å². The maximum atomic E-state index is 13.0. The van der Waals surface area contributed by atoms with E-state index >= 15 is 0 Å². The topological polar surface area (TPSA) is 68.6 Å². The van der Waals surface area contributed by atoms with Crippen LogP contribution in [-0.2, 0) is 21.6 Å². The van der Waals surface area contributed by atoms with Gasteiger partial charge in [0.05, 0.1) is 17.9 Å². The zero-order valence-corrected chi connectivity index (χ0v) is 15.3. The van der Waals surface area contributed by atoms with Crippen molar-refractivity contribution in [3.63, 3.8) is 0 Å². The van der Waals surface area contributed by atoms with Crippen molar-refractivity contribution in [1.82, 2.24) is 9.47 Å². The van der Waals surface area contributed by atoms with E-state index in [1.807, 2.05) is 42.1 Å². The summed E-state index contributed by atoms with van der Waals surface area (Å²) in [7, 11) is 0.317. The van der Waals surface area contributed by atoms with Gasteiger partial charge in [0.15, 0.2) is 9.84 Å². The summed E-state index contributed by atoms with van der Waals surface area (Å²) in [5, 5.41) is 0.902. The Bertz CT molecular complexity index is 941. The molecule has 0 bridgehead atoms. The van der Waals surface area contributed by atoms with Gasteiger partial charge in [-0.25, -0.2) is 8.42 Å². The van der Waals surface area contributed by atoms with Crippen molar-refractivity contribution in [3.05, 3.63) is 36.0 Å². The van der Waals surface area contributed by atoms with Crippen LogP contribution in [0.4, 0.5) is 0 Å². The second-order valence-corrected chi connectivity index (χ2v) is 9.61. The molecule has 1 aromatic carbocycles. The minimum atomic E-state index is -3.19. The van der Waals surface area contributed by atoms with Crippen molar-refractivity contribution in [2.24, 2.45) is 13.0 Å². The van der Waals surface area contributed by atoms with E-state index in [9.17, 15) is 13.2 Å². The molecule has 1 unspecified atom stereocenters. The van der Waals surface area contributed by atoms with E-state index < -0.39 is 14.6 Å². The highest BCUT2D eigenvalue weighted by Crippen LogP contribution is 2.45. The van der Waals surface area contributed by atoms with Gasteiger partial charge in [0, 0.05) is 50.3 Å². The second-order valence-electron chi connectivity index (χ2n) is 7.16. The van der Waals surface area contributed by atoms with E-state index in [1.165, 1.54) is 0 Å². The van der Waals surface area contributed by atoms with Gasteiger partial charge in [-0.15, -0.1) is 0 Å². The van der Waals surface area contributed by atoms with Crippen LogP contribution in [0.2, 0.25) is 0 Å². The lowest BCUT2D eigenvalue weighted by molar-refractivity contribution is 0.0338. The number of amides is 1. The molecule has 1 atom stereocenters. The molecule has 4 rings (SSSR count). The summed E-state index contributed by atoms with van der Waals surface area (Å²) >= 11 is 0. The van der Waals surface area contributed by atoms with Crippen LogP contribution in [0.3, 0.4) is 0 Å². The first kappa shape index (κ1) is 16.6. The number of hydrogen-bond acceptors (Lipinski definition) is 4. The third kappa shape index (κ3) is 2.25. The Labute approximate surface area is 147 Å². The Kier molecular flexibility index (Phi) is 3.70. The minimum absolute atomic E-state index is 0.0286. The van der Waals surface area contributed by atoms with Gasteiger partial charge in [0.25, 0.3) is 5.91 Å². The summed E-state index contributed by atoms with van der Waals surface area (Å²) in [5.74, 6) is 0.0666. The van der Waals surface area contributed by atoms with Gasteiger partial charge in [-0.2, -0.15) is 0 Å². The van der Waals surface area contributed by atoms with Crippen LogP contribution in [0.5, 0.6) is 0 Å². The van der Waals surface area contributed by atoms with E-state index in [4.69, 9.17) is 4.74 Å². The normalized spacial score (nSPS) is 23.9. The summed E-state index contributed by atoms with van der Waals surface area (Å²) in [5.41, 5.74) is 1.62. The van der Waals surface area contributed by atoms with Crippen molar-refractivity contribution in [2.75, 3.05) is 32.6 Å². The van der Waals surface area contributed by atoms with E-state index in [0.29, 0.717) is 18.6 Å². The Morgan fingerprint density at radius 3 is 2.76 bits per heavy atom. The molecule has 134 valence electrons. The average Bonchev–Trinajstić information content (AvgIpc) is 3.01. The van der Waals surface area contributed by atoms with Crippen LogP contribution in [0.1, 0.15) is 16.8 Å². The third-order valence-electron chi connectivity index (χ3n) is 5.80. The maximum Gasteiger partial charge on any atom is 0.256 e. The first-order chi connectivity index (χ1) is 11.9. The van der Waals surface area contributed by atoms with Crippen LogP contribution >= 0.6 is 0 Å². The number of hydrogen-bond donors (Lipinski definition) is 0. The van der Waals surface area contributed by atoms with Gasteiger partial charge in [-0.05, 0) is 12.5 Å². The van der Waals surface area contributed by atoms with Crippen LogP contribution in [-0.4, -0.2) is 61.1 Å². The predicted octanol–water partition coefficient (Wildman–Crippen LogP) is 1.45. The van der Waals surface area contributed by atoms with Crippen molar-refractivity contribution < 1.29 is 17.9 Å². The highest BCUT2D eigenvalue weighted by Gasteiger charge is 2.62. The number of fused-ring (bicyclic) bond motifs is 1. The number of para-hydroxylation sites is 1. The average molecular weight is 362 g/mol. The second kappa shape index (κ2) is 5.57. The number of likely N-dealkylation sites (tertiary alicyclic amines) is 1. The molecule has 0 N–H and O–H groups in total. The fourth-order valence-corrected chi connectivity index (χ4v) is 6.74. The van der Waals surface area contributed by atoms with Gasteiger partial charge in [0.1, 0.15) is 4.75 Å². The molecule has 2 fully saturated rings. The molecule has 1 spiro atoms. The fraction of sp³-hybridized carbons (Fsp3) is 0.500. The number of carbonyl (C=O) groups is 1. The first-order valence-electron chi connectivity index (χ1n) is 8.44. The number of carbonyl (C=O) groups excluding carboxylic acids is 1. The maximum absolute atomic E-state index is 13.0. The van der Waals surface area contributed by atoms with Crippen LogP contribution in [0, 0.1) is 5.92 Å². The number of benzene rings is 1. The number of nitrogens with zero attached hydrogens (tertiary/aromatic N) is 2. The largest absolute Gasteiger partial charge is 0.384 e. The Morgan fingerprint density at radius 2 is 2.04 bits per heavy atom. The lowest BCUT2D eigenvalue weighted by Gasteiger charge is -2.49. The van der Waals surface area contributed by atoms with E-state index in [-0.39, 0.29) is 30.7 Å². The van der Waals surface area contributed by atoms with Crippen molar-refractivity contribution in [3.8, 4) is 0 Å². The molecule has 0 radical (unpaired) electrons. The molecule has 6 nitrogen and oxygen atoms in total. The zero-order valence-electron chi connectivity index (χ0n) is 14.4. The predicted molar refractivity (Wildman–Crippen MR) is 95.3 cm³/mol. The number of ether oxygens (including phenoxy) is 1. The molecule has 2 saturated heterocycles. The van der Waals surface area contributed by atoms with Crippen molar-refractivity contribution >= 4 is 26.6 Å². The summed E-state index contributed by atoms with van der Waals surface area (Å²) < 4.78 is 31.5. The molecule has 25 heavy (non-hydrogen) atoms. The molecule has 1 aromatic heterocycles. The fourth-order valence-electron chi connectivity index (χ4n) is 4.33. The van der Waals surface area contributed by atoms with Crippen molar-refractivity contribution in [2.45, 2.75) is 11.2 Å². The van der Waals surface area contributed by atoms with Crippen LogP contribution in [0.25, 0.3) is 10.9 Å². The molecule has 2 aromatic rings. The van der Waals surface area contributed by atoms with Gasteiger partial charge < -0.3 is 14.2 Å². The molecular weight excluding hydrogens is 340 g/mol. The standard InChI is InChI=1S/C18H22N2O4S/c1-19-9-15(14-5-3-4-6-16(14)19)17(21)20-11-18(12-20)13(10-24-2)7-8-25(18,22)23/h3-6,9,13H,7-8,10-12H2,1-2H3. The first-order valence-corrected chi connectivity index (χ1v) is 10.1. The molecule has 3 heterocycles. The minimum Gasteiger partial charge on any atom is -0.384 e.